The second-order valence-electron chi connectivity index (χ2n) is 7.87. The molecule has 7 nitrogen and oxygen atoms in total. The van der Waals surface area contributed by atoms with Crippen LogP contribution in [0.4, 0.5) is 0 Å². The average molecular weight is 468 g/mol. The molecule has 4 rings (SSSR count). The van der Waals surface area contributed by atoms with Gasteiger partial charge in [-0.2, -0.15) is 0 Å². The number of nitrogens with zero attached hydrogens (tertiary/aromatic N) is 1. The van der Waals surface area contributed by atoms with Crippen molar-refractivity contribution in [1.82, 2.24) is 0 Å². The van der Waals surface area contributed by atoms with E-state index in [1.165, 1.54) is 0 Å². The molecule has 0 radical (unpaired) electrons. The highest BCUT2D eigenvalue weighted by Crippen LogP contribution is 2.44. The van der Waals surface area contributed by atoms with Crippen LogP contribution in [0.1, 0.15) is 25.0 Å². The lowest BCUT2D eigenvalue weighted by atomic mass is 9.95. The number of hydrogen-bond acceptors (Lipinski definition) is 7. The minimum atomic E-state index is -1.56. The van der Waals surface area contributed by atoms with Crippen LogP contribution in [0.3, 0.4) is 0 Å². The smallest absolute Gasteiger partial charge is 0.334 e. The molecule has 1 saturated heterocycles. The van der Waals surface area contributed by atoms with Gasteiger partial charge in [0, 0.05) is 15.4 Å². The van der Waals surface area contributed by atoms with Crippen molar-refractivity contribution in [3.05, 3.63) is 88.0 Å². The quantitative estimate of drug-likeness (QED) is 0.202. The number of rotatable bonds is 8. The monoisotopic (exact) mass is 467 g/mol. The summed E-state index contributed by atoms with van der Waals surface area (Å²) in [5.74, 6) is -1.52. The fraction of sp³-hybridized carbons (Fsp3) is 0.320. The second kappa shape index (κ2) is 9.51. The molecule has 0 bridgehead atoms. The molecule has 1 aliphatic rings. The largest absolute Gasteiger partial charge is 0.464 e. The molecule has 0 spiro atoms. The van der Waals surface area contributed by atoms with Crippen LogP contribution >= 0.6 is 11.8 Å². The maximum absolute atomic E-state index is 13.3. The first kappa shape index (κ1) is 23.2. The molecule has 0 aromatic heterocycles. The molecule has 0 N–H and O–H groups in total. The average Bonchev–Trinajstić information content (AvgIpc) is 3.26. The summed E-state index contributed by atoms with van der Waals surface area (Å²) < 4.78 is 15.2. The van der Waals surface area contributed by atoms with Crippen molar-refractivity contribution < 1.29 is 23.9 Å². The van der Waals surface area contributed by atoms with Gasteiger partial charge in [0.15, 0.2) is 5.79 Å². The molecule has 0 amide bonds. The molecule has 3 aromatic rings. The van der Waals surface area contributed by atoms with E-state index in [9.17, 15) is 14.9 Å². The maximum Gasteiger partial charge on any atom is 0.334 e. The van der Waals surface area contributed by atoms with Crippen LogP contribution in [-0.4, -0.2) is 37.3 Å². The van der Waals surface area contributed by atoms with Crippen LogP contribution in [0.25, 0.3) is 10.8 Å². The van der Waals surface area contributed by atoms with Gasteiger partial charge >= 0.3 is 5.97 Å². The number of thioether (sulfide) groups is 1. The summed E-state index contributed by atoms with van der Waals surface area (Å²) in [5.41, 5.74) is 1.26. The Morgan fingerprint density at radius 2 is 1.76 bits per heavy atom. The topological polar surface area (TPSA) is 87.9 Å². The van der Waals surface area contributed by atoms with Gasteiger partial charge in [-0.1, -0.05) is 66.4 Å². The molecule has 33 heavy (non-hydrogen) atoms. The zero-order valence-electron chi connectivity index (χ0n) is 18.5. The first-order valence-electron chi connectivity index (χ1n) is 10.7. The number of carbonyl (C=O) groups is 1. The summed E-state index contributed by atoms with van der Waals surface area (Å²) in [7, 11) is 0. The number of hydrogen-bond donors (Lipinski definition) is 0. The Morgan fingerprint density at radius 1 is 1.09 bits per heavy atom. The van der Waals surface area contributed by atoms with Gasteiger partial charge in [0.05, 0.1) is 19.8 Å². The summed E-state index contributed by atoms with van der Waals surface area (Å²) in [5, 5.41) is 13.8. The van der Waals surface area contributed by atoms with Gasteiger partial charge in [0.2, 0.25) is 11.3 Å². The maximum atomic E-state index is 13.3. The van der Waals surface area contributed by atoms with Crippen molar-refractivity contribution in [1.29, 1.82) is 0 Å². The fourth-order valence-corrected chi connectivity index (χ4v) is 5.28. The first-order valence-corrected chi connectivity index (χ1v) is 11.5. The van der Waals surface area contributed by atoms with Crippen molar-refractivity contribution in [2.24, 2.45) is 0 Å². The zero-order valence-corrected chi connectivity index (χ0v) is 19.3. The molecule has 8 heteroatoms. The molecular weight excluding hydrogens is 442 g/mol. The summed E-state index contributed by atoms with van der Waals surface area (Å²) in [6.07, 6.45) is 0. The SMILES string of the molecule is CCOC(=O)[C@](C[N+](=O)[O-])(Sc1ccc2ccccc2c1)c1ccc(C2(C)OCCO2)cc1. The first-order chi connectivity index (χ1) is 15.9. The highest BCUT2D eigenvalue weighted by Gasteiger charge is 2.48. The third-order valence-electron chi connectivity index (χ3n) is 5.68. The van der Waals surface area contributed by atoms with E-state index in [-0.39, 0.29) is 6.61 Å². The summed E-state index contributed by atoms with van der Waals surface area (Å²) in [6, 6.07) is 20.6. The number of carbonyl (C=O) groups excluding carboxylic acids is 1. The molecule has 1 heterocycles. The number of fused-ring (bicyclic) bond motifs is 1. The van der Waals surface area contributed by atoms with Gasteiger partial charge in [-0.3, -0.25) is 10.1 Å². The predicted octanol–water partition coefficient (Wildman–Crippen LogP) is 4.89. The number of ether oxygens (including phenoxy) is 3. The summed E-state index contributed by atoms with van der Waals surface area (Å²) in [6.45, 7) is 4.00. The van der Waals surface area contributed by atoms with Gasteiger partial charge in [-0.15, -0.1) is 0 Å². The van der Waals surface area contributed by atoms with E-state index in [0.29, 0.717) is 18.8 Å². The number of nitro groups is 1. The number of benzene rings is 3. The van der Waals surface area contributed by atoms with Crippen molar-refractivity contribution >= 4 is 28.5 Å². The van der Waals surface area contributed by atoms with E-state index in [0.717, 1.165) is 33.0 Å². The van der Waals surface area contributed by atoms with Crippen LogP contribution in [0.2, 0.25) is 0 Å². The Morgan fingerprint density at radius 3 is 2.39 bits per heavy atom. The highest BCUT2D eigenvalue weighted by atomic mass is 32.2. The minimum absolute atomic E-state index is 0.119. The van der Waals surface area contributed by atoms with E-state index in [4.69, 9.17) is 14.2 Å². The van der Waals surface area contributed by atoms with Gasteiger partial charge in [-0.05, 0) is 42.3 Å². The van der Waals surface area contributed by atoms with Crippen molar-refractivity contribution in [3.63, 3.8) is 0 Å². The number of esters is 1. The second-order valence-corrected chi connectivity index (χ2v) is 9.24. The standard InChI is InChI=1S/C25H25NO6S/c1-3-30-23(27)25(17-26(28)29,33-22-13-8-18-6-4-5-7-19(18)16-22)21-11-9-20(10-12-21)24(2)31-14-15-32-24/h4-13,16H,3,14-15,17H2,1-2H3/t25-/m1/s1. The molecule has 3 aromatic carbocycles. The van der Waals surface area contributed by atoms with E-state index in [1.807, 2.05) is 49.4 Å². The minimum Gasteiger partial charge on any atom is -0.464 e. The van der Waals surface area contributed by atoms with E-state index in [2.05, 4.69) is 0 Å². The fourth-order valence-electron chi connectivity index (χ4n) is 3.99. The molecular formula is C25H25NO6S. The molecule has 0 aliphatic carbocycles. The van der Waals surface area contributed by atoms with E-state index >= 15 is 0 Å². The summed E-state index contributed by atoms with van der Waals surface area (Å²) >= 11 is 1.14. The summed E-state index contributed by atoms with van der Waals surface area (Å²) in [4.78, 5) is 25.3. The molecule has 0 unspecified atom stereocenters. The Labute approximate surface area is 196 Å². The van der Waals surface area contributed by atoms with Crippen LogP contribution < -0.4 is 0 Å². The van der Waals surface area contributed by atoms with Crippen molar-refractivity contribution in [3.8, 4) is 0 Å². The Kier molecular flexibility index (Phi) is 6.69. The third-order valence-corrected chi connectivity index (χ3v) is 7.05. The van der Waals surface area contributed by atoms with E-state index < -0.39 is 28.0 Å². The Bertz CT molecular complexity index is 1160. The van der Waals surface area contributed by atoms with Crippen LogP contribution in [0, 0.1) is 10.1 Å². The van der Waals surface area contributed by atoms with Gasteiger partial charge in [0.1, 0.15) is 0 Å². The van der Waals surface area contributed by atoms with Gasteiger partial charge in [0.25, 0.3) is 0 Å². The molecule has 1 atom stereocenters. The lowest BCUT2D eigenvalue weighted by Gasteiger charge is -2.29. The Hall–Kier alpha value is -2.94. The zero-order chi connectivity index (χ0) is 23.5. The highest BCUT2D eigenvalue weighted by molar-refractivity contribution is 8.01. The molecule has 1 aliphatic heterocycles. The van der Waals surface area contributed by atoms with E-state index in [1.54, 1.807) is 31.2 Å². The van der Waals surface area contributed by atoms with Crippen molar-refractivity contribution in [2.75, 3.05) is 26.4 Å². The van der Waals surface area contributed by atoms with Crippen LogP contribution in [-0.2, 0) is 29.5 Å². The molecule has 0 saturated carbocycles. The predicted molar refractivity (Wildman–Crippen MR) is 126 cm³/mol. The van der Waals surface area contributed by atoms with Crippen LogP contribution in [0.15, 0.2) is 71.6 Å². The lowest BCUT2D eigenvalue weighted by Crippen LogP contribution is -2.41. The normalized spacial score (nSPS) is 16.9. The van der Waals surface area contributed by atoms with Gasteiger partial charge in [-0.25, -0.2) is 4.79 Å². The lowest BCUT2D eigenvalue weighted by molar-refractivity contribution is -0.484. The molecule has 1 fully saturated rings. The van der Waals surface area contributed by atoms with Crippen molar-refractivity contribution in [2.45, 2.75) is 29.3 Å². The third kappa shape index (κ3) is 4.73. The molecule has 172 valence electrons. The van der Waals surface area contributed by atoms with Crippen LogP contribution in [0.5, 0.6) is 0 Å². The Balaban J connectivity index is 1.78. The van der Waals surface area contributed by atoms with Gasteiger partial charge < -0.3 is 14.2 Å².